The number of likely N-dealkylation sites (N-methyl/N-ethyl adjacent to an activating group) is 1. The summed E-state index contributed by atoms with van der Waals surface area (Å²) >= 11 is 1.56. The fraction of sp³-hybridized carbons (Fsp3) is 0.174. The third-order valence-electron chi connectivity index (χ3n) is 4.49. The minimum Gasteiger partial charge on any atom is -0.332 e. The van der Waals surface area contributed by atoms with Crippen LogP contribution in [0.3, 0.4) is 0 Å². The van der Waals surface area contributed by atoms with Gasteiger partial charge < -0.3 is 10.2 Å². The number of thioether (sulfide) groups is 1. The quantitative estimate of drug-likeness (QED) is 0.614. The number of pyridine rings is 1. The lowest BCUT2D eigenvalue weighted by atomic mass is 10.1. The number of nitrogens with one attached hydrogen (secondary N) is 1. The molecule has 0 unspecified atom stereocenters. The number of aryl methyl sites for hydroxylation is 1. The Bertz CT molecular complexity index is 1020. The lowest BCUT2D eigenvalue weighted by Gasteiger charge is -2.18. The highest BCUT2D eigenvalue weighted by Gasteiger charge is 2.18. The van der Waals surface area contributed by atoms with Gasteiger partial charge in [0.2, 0.25) is 5.91 Å². The van der Waals surface area contributed by atoms with Gasteiger partial charge in [-0.1, -0.05) is 42.5 Å². The maximum Gasteiger partial charge on any atom is 0.255 e. The van der Waals surface area contributed by atoms with E-state index in [-0.39, 0.29) is 18.4 Å². The molecule has 0 atom stereocenters. The van der Waals surface area contributed by atoms with Crippen molar-refractivity contribution in [3.8, 4) is 11.3 Å². The van der Waals surface area contributed by atoms with Crippen LogP contribution in [0.1, 0.15) is 16.1 Å². The Morgan fingerprint density at radius 1 is 1.00 bits per heavy atom. The molecular weight excluding hydrogens is 382 g/mol. The molecule has 148 valence electrons. The number of amides is 2. The van der Waals surface area contributed by atoms with E-state index >= 15 is 0 Å². The Labute approximate surface area is 175 Å². The fourth-order valence-corrected chi connectivity index (χ4v) is 3.54. The van der Waals surface area contributed by atoms with Crippen LogP contribution >= 0.6 is 11.8 Å². The zero-order valence-corrected chi connectivity index (χ0v) is 17.5. The highest BCUT2D eigenvalue weighted by Crippen LogP contribution is 2.24. The van der Waals surface area contributed by atoms with Crippen molar-refractivity contribution in [2.75, 3.05) is 25.2 Å². The Hall–Kier alpha value is -3.12. The first kappa shape index (κ1) is 20.6. The highest BCUT2D eigenvalue weighted by molar-refractivity contribution is 7.98. The molecule has 0 aliphatic carbocycles. The van der Waals surface area contributed by atoms with Crippen LogP contribution in [-0.2, 0) is 4.79 Å². The lowest BCUT2D eigenvalue weighted by molar-refractivity contribution is -0.116. The van der Waals surface area contributed by atoms with Gasteiger partial charge in [0, 0.05) is 17.5 Å². The first-order chi connectivity index (χ1) is 14.0. The van der Waals surface area contributed by atoms with Gasteiger partial charge in [0.15, 0.2) is 0 Å². The Kier molecular flexibility index (Phi) is 6.67. The van der Waals surface area contributed by atoms with Gasteiger partial charge >= 0.3 is 0 Å². The average Bonchev–Trinajstić information content (AvgIpc) is 2.74. The monoisotopic (exact) mass is 405 g/mol. The summed E-state index contributed by atoms with van der Waals surface area (Å²) in [6.07, 6.45) is 1.95. The molecule has 0 bridgehead atoms. The number of carbonyl (C=O) groups is 2. The van der Waals surface area contributed by atoms with E-state index in [1.54, 1.807) is 24.9 Å². The van der Waals surface area contributed by atoms with E-state index in [4.69, 9.17) is 0 Å². The van der Waals surface area contributed by atoms with Crippen molar-refractivity contribution >= 4 is 29.3 Å². The van der Waals surface area contributed by atoms with Gasteiger partial charge in [0.05, 0.1) is 29.2 Å². The van der Waals surface area contributed by atoms with Gasteiger partial charge in [-0.25, -0.2) is 0 Å². The Balaban J connectivity index is 1.69. The van der Waals surface area contributed by atoms with E-state index in [1.165, 1.54) is 4.90 Å². The number of carbonyl (C=O) groups excluding carboxylic acids is 2. The number of aromatic nitrogens is 1. The van der Waals surface area contributed by atoms with Gasteiger partial charge in [-0.05, 0) is 37.4 Å². The second-order valence-electron chi connectivity index (χ2n) is 6.61. The standard InChI is InChI=1S/C23H23N3O2S/c1-16-18(13-14-19(24-16)17-9-5-4-6-10-17)23(28)26(2)15-22(27)25-20-11-7-8-12-21(20)29-3/h4-14H,15H2,1-3H3,(H,25,27). The Morgan fingerprint density at radius 3 is 2.38 bits per heavy atom. The number of anilines is 1. The van der Waals surface area contributed by atoms with Gasteiger partial charge in [-0.3, -0.25) is 14.6 Å². The van der Waals surface area contributed by atoms with Crippen molar-refractivity contribution < 1.29 is 9.59 Å². The normalized spacial score (nSPS) is 10.4. The van der Waals surface area contributed by atoms with Crippen molar-refractivity contribution in [1.29, 1.82) is 0 Å². The van der Waals surface area contributed by atoms with Gasteiger partial charge in [-0.2, -0.15) is 0 Å². The predicted octanol–water partition coefficient (Wildman–Crippen LogP) is 4.49. The number of hydrogen-bond acceptors (Lipinski definition) is 4. The summed E-state index contributed by atoms with van der Waals surface area (Å²) in [7, 11) is 1.62. The van der Waals surface area contributed by atoms with Crippen LogP contribution in [0.2, 0.25) is 0 Å². The summed E-state index contributed by atoms with van der Waals surface area (Å²) in [5.41, 5.74) is 3.68. The number of nitrogens with zero attached hydrogens (tertiary/aromatic N) is 2. The largest absolute Gasteiger partial charge is 0.332 e. The predicted molar refractivity (Wildman–Crippen MR) is 118 cm³/mol. The molecule has 0 radical (unpaired) electrons. The molecule has 2 aromatic carbocycles. The van der Waals surface area contributed by atoms with Crippen LogP contribution in [0, 0.1) is 6.92 Å². The second-order valence-corrected chi connectivity index (χ2v) is 7.45. The second kappa shape index (κ2) is 9.39. The molecule has 0 aliphatic rings. The van der Waals surface area contributed by atoms with Crippen molar-refractivity contribution in [2.24, 2.45) is 0 Å². The smallest absolute Gasteiger partial charge is 0.255 e. The summed E-state index contributed by atoms with van der Waals surface area (Å²) in [6.45, 7) is 1.77. The summed E-state index contributed by atoms with van der Waals surface area (Å²) < 4.78 is 0. The highest BCUT2D eigenvalue weighted by atomic mass is 32.2. The third-order valence-corrected chi connectivity index (χ3v) is 5.29. The zero-order valence-electron chi connectivity index (χ0n) is 16.7. The van der Waals surface area contributed by atoms with Crippen molar-refractivity contribution in [3.05, 3.63) is 78.0 Å². The zero-order chi connectivity index (χ0) is 20.8. The van der Waals surface area contributed by atoms with E-state index in [1.807, 2.05) is 73.8 Å². The first-order valence-corrected chi connectivity index (χ1v) is 10.4. The number of para-hydroxylation sites is 1. The number of benzene rings is 2. The summed E-state index contributed by atoms with van der Waals surface area (Å²) in [4.78, 5) is 32.2. The molecule has 0 aliphatic heterocycles. The topological polar surface area (TPSA) is 62.3 Å². The lowest BCUT2D eigenvalue weighted by Crippen LogP contribution is -2.35. The SMILES string of the molecule is CSc1ccccc1NC(=O)CN(C)C(=O)c1ccc(-c2ccccc2)nc1C. The van der Waals surface area contributed by atoms with Crippen molar-refractivity contribution in [2.45, 2.75) is 11.8 Å². The molecule has 1 aromatic heterocycles. The average molecular weight is 406 g/mol. The molecule has 6 heteroatoms. The Morgan fingerprint density at radius 2 is 1.69 bits per heavy atom. The van der Waals surface area contributed by atoms with Crippen LogP contribution in [0.15, 0.2) is 71.6 Å². The fourth-order valence-electron chi connectivity index (χ4n) is 2.99. The van der Waals surface area contributed by atoms with E-state index < -0.39 is 0 Å². The van der Waals surface area contributed by atoms with E-state index in [0.29, 0.717) is 11.3 Å². The maximum absolute atomic E-state index is 12.8. The van der Waals surface area contributed by atoms with Crippen LogP contribution in [0.5, 0.6) is 0 Å². The summed E-state index contributed by atoms with van der Waals surface area (Å²) in [5, 5.41) is 2.87. The molecule has 1 heterocycles. The molecule has 29 heavy (non-hydrogen) atoms. The van der Waals surface area contributed by atoms with Crippen molar-refractivity contribution in [3.63, 3.8) is 0 Å². The molecule has 2 amide bonds. The third kappa shape index (κ3) is 5.03. The molecule has 5 nitrogen and oxygen atoms in total. The molecule has 0 saturated carbocycles. The van der Waals surface area contributed by atoms with Gasteiger partial charge in [0.1, 0.15) is 0 Å². The molecule has 1 N–H and O–H groups in total. The summed E-state index contributed by atoms with van der Waals surface area (Å²) in [6, 6.07) is 21.0. The molecule has 0 spiro atoms. The van der Waals surface area contributed by atoms with Crippen LogP contribution < -0.4 is 5.32 Å². The first-order valence-electron chi connectivity index (χ1n) is 9.21. The maximum atomic E-state index is 12.8. The van der Waals surface area contributed by atoms with E-state index in [2.05, 4.69) is 10.3 Å². The number of hydrogen-bond donors (Lipinski definition) is 1. The molecule has 0 saturated heterocycles. The van der Waals surface area contributed by atoms with Gasteiger partial charge in [-0.15, -0.1) is 11.8 Å². The number of rotatable bonds is 6. The molecule has 3 aromatic rings. The molecule has 0 fully saturated rings. The summed E-state index contributed by atoms with van der Waals surface area (Å²) in [5.74, 6) is -0.475. The molecular formula is C23H23N3O2S. The van der Waals surface area contributed by atoms with Crippen molar-refractivity contribution in [1.82, 2.24) is 9.88 Å². The van der Waals surface area contributed by atoms with Crippen LogP contribution in [0.25, 0.3) is 11.3 Å². The van der Waals surface area contributed by atoms with Crippen LogP contribution in [0.4, 0.5) is 5.69 Å². The molecule has 3 rings (SSSR count). The van der Waals surface area contributed by atoms with E-state index in [0.717, 1.165) is 21.8 Å². The van der Waals surface area contributed by atoms with Gasteiger partial charge in [0.25, 0.3) is 5.91 Å². The minimum absolute atomic E-state index is 0.0403. The van der Waals surface area contributed by atoms with Crippen LogP contribution in [-0.4, -0.2) is 41.5 Å². The minimum atomic E-state index is -0.242. The van der Waals surface area contributed by atoms with E-state index in [9.17, 15) is 9.59 Å².